The van der Waals surface area contributed by atoms with Crippen LogP contribution in [0.3, 0.4) is 0 Å². The third-order valence-corrected chi connectivity index (χ3v) is 9.27. The lowest BCUT2D eigenvalue weighted by Gasteiger charge is -2.38. The molecular weight excluding hydrogens is 515 g/mol. The number of carbonyl (C=O) groups is 1. The van der Waals surface area contributed by atoms with Gasteiger partial charge < -0.3 is 0 Å². The van der Waals surface area contributed by atoms with E-state index in [0.29, 0.717) is 12.2 Å². The van der Waals surface area contributed by atoms with Crippen molar-refractivity contribution < 1.29 is 4.79 Å². The molecule has 0 fully saturated rings. The number of carbonyl (C=O) groups excluding carboxylic acids is 1. The van der Waals surface area contributed by atoms with Crippen molar-refractivity contribution in [2.45, 2.75) is 118 Å². The number of allylic oxidation sites excluding steroid dienone is 8. The van der Waals surface area contributed by atoms with E-state index in [1.807, 2.05) is 13.8 Å². The molecule has 2 aliphatic carbocycles. The Morgan fingerprint density at radius 2 is 1.63 bits per heavy atom. The Kier molecular flexibility index (Phi) is 13.1. The first-order valence-corrected chi connectivity index (χ1v) is 16.7. The lowest BCUT2D eigenvalue weighted by atomic mass is 9.65. The van der Waals surface area contributed by atoms with Crippen LogP contribution in [0.5, 0.6) is 0 Å². The van der Waals surface area contributed by atoms with Crippen LogP contribution in [-0.2, 0) is 11.2 Å². The van der Waals surface area contributed by atoms with Gasteiger partial charge in [-0.15, -0.1) is 9.24 Å². The van der Waals surface area contributed by atoms with Crippen LogP contribution in [0.25, 0.3) is 0 Å². The highest BCUT2D eigenvalue weighted by Gasteiger charge is 2.38. The molecule has 0 saturated heterocycles. The van der Waals surface area contributed by atoms with Crippen molar-refractivity contribution in [1.82, 2.24) is 0 Å². The summed E-state index contributed by atoms with van der Waals surface area (Å²) in [4.78, 5) is 14.1. The average molecular weight is 569 g/mol. The standard InChI is InChI=1S/C37H47OP.C2H6/c1-6-9-11-13-27-16-19-28(20-17-27)31-22-33-36(29(12-8-3)14-10-7-2)26(5)21-32(37(33)34(38)23-31)30-18-15-25(4)35(39)24-30;1-2/h7,10,14-20,24,31-32H,6,8-9,11-13,21-23,39H2,1-5H3;1-2H3/b10-7-,29-14+;. The third kappa shape index (κ3) is 8.08. The fourth-order valence-corrected chi connectivity index (χ4v) is 6.80. The first-order valence-electron chi connectivity index (χ1n) is 16.1. The van der Waals surface area contributed by atoms with Gasteiger partial charge in [0.05, 0.1) is 0 Å². The monoisotopic (exact) mass is 568 g/mol. The summed E-state index contributed by atoms with van der Waals surface area (Å²) >= 11 is 0. The fraction of sp³-hybridized carbons (Fsp3) is 0.462. The lowest BCUT2D eigenvalue weighted by molar-refractivity contribution is -0.116. The number of hydrogen-bond donors (Lipinski definition) is 0. The molecule has 3 unspecified atom stereocenters. The highest BCUT2D eigenvalue weighted by molar-refractivity contribution is 7.27. The maximum atomic E-state index is 14.1. The van der Waals surface area contributed by atoms with Crippen molar-refractivity contribution in [3.8, 4) is 0 Å². The molecule has 0 radical (unpaired) electrons. The molecule has 0 spiro atoms. The molecule has 2 heteroatoms. The molecule has 0 aromatic heterocycles. The van der Waals surface area contributed by atoms with Crippen LogP contribution in [0.1, 0.15) is 127 Å². The molecule has 41 heavy (non-hydrogen) atoms. The van der Waals surface area contributed by atoms with E-state index in [4.69, 9.17) is 0 Å². The van der Waals surface area contributed by atoms with Gasteiger partial charge >= 0.3 is 0 Å². The normalized spacial score (nSPS) is 19.4. The van der Waals surface area contributed by atoms with Crippen molar-refractivity contribution in [2.75, 3.05) is 0 Å². The number of aryl methyl sites for hydroxylation is 2. The molecule has 0 N–H and O–H groups in total. The van der Waals surface area contributed by atoms with Gasteiger partial charge in [0.15, 0.2) is 5.78 Å². The Morgan fingerprint density at radius 3 is 2.27 bits per heavy atom. The first kappa shape index (κ1) is 33.0. The summed E-state index contributed by atoms with van der Waals surface area (Å²) in [7, 11) is 2.88. The maximum absolute atomic E-state index is 14.1. The zero-order valence-corrected chi connectivity index (χ0v) is 27.9. The van der Waals surface area contributed by atoms with Crippen LogP contribution in [0.2, 0.25) is 0 Å². The third-order valence-electron chi connectivity index (χ3n) is 8.65. The minimum absolute atomic E-state index is 0.141. The second-order valence-corrected chi connectivity index (χ2v) is 12.2. The largest absolute Gasteiger partial charge is 0.294 e. The number of benzene rings is 2. The Bertz CT molecular complexity index is 1300. The van der Waals surface area contributed by atoms with Crippen LogP contribution in [-0.4, -0.2) is 5.78 Å². The van der Waals surface area contributed by atoms with Crippen LogP contribution in [0.4, 0.5) is 0 Å². The molecule has 0 bridgehead atoms. The van der Waals surface area contributed by atoms with E-state index < -0.39 is 0 Å². The van der Waals surface area contributed by atoms with Crippen molar-refractivity contribution in [2.24, 2.45) is 0 Å². The minimum Gasteiger partial charge on any atom is -0.294 e. The highest BCUT2D eigenvalue weighted by Crippen LogP contribution is 2.50. The quantitative estimate of drug-likeness (QED) is 0.158. The predicted octanol–water partition coefficient (Wildman–Crippen LogP) is 10.8. The summed E-state index contributed by atoms with van der Waals surface area (Å²) < 4.78 is 0. The van der Waals surface area contributed by atoms with Gasteiger partial charge in [-0.3, -0.25) is 4.79 Å². The minimum atomic E-state index is 0.141. The van der Waals surface area contributed by atoms with Crippen molar-refractivity contribution >= 4 is 20.3 Å². The number of ketones is 1. The zero-order chi connectivity index (χ0) is 29.9. The highest BCUT2D eigenvalue weighted by atomic mass is 31.0. The predicted molar refractivity (Wildman–Crippen MR) is 183 cm³/mol. The Morgan fingerprint density at radius 1 is 0.927 bits per heavy atom. The Hall–Kier alpha value is -2.50. The average Bonchev–Trinajstić information content (AvgIpc) is 2.98. The van der Waals surface area contributed by atoms with E-state index in [2.05, 4.69) is 105 Å². The molecular formula is C39H53OP. The van der Waals surface area contributed by atoms with Crippen LogP contribution < -0.4 is 5.30 Å². The van der Waals surface area contributed by atoms with E-state index in [9.17, 15) is 4.79 Å². The van der Waals surface area contributed by atoms with Crippen LogP contribution in [0.15, 0.2) is 88.6 Å². The molecule has 2 aromatic rings. The van der Waals surface area contributed by atoms with Gasteiger partial charge in [0.25, 0.3) is 0 Å². The van der Waals surface area contributed by atoms with Gasteiger partial charge in [0.2, 0.25) is 0 Å². The molecule has 0 aliphatic heterocycles. The van der Waals surface area contributed by atoms with E-state index in [1.165, 1.54) is 69.1 Å². The van der Waals surface area contributed by atoms with E-state index >= 15 is 0 Å². The summed E-state index contributed by atoms with van der Waals surface area (Å²) in [6.45, 7) is 15.0. The fourth-order valence-electron chi connectivity index (χ4n) is 6.51. The number of hydrogen-bond acceptors (Lipinski definition) is 1. The molecule has 4 rings (SSSR count). The van der Waals surface area contributed by atoms with Gasteiger partial charge in [0, 0.05) is 17.9 Å². The molecule has 1 nitrogen and oxygen atoms in total. The molecule has 0 saturated carbocycles. The molecule has 2 aromatic carbocycles. The summed E-state index contributed by atoms with van der Waals surface area (Å²) in [5.41, 5.74) is 11.8. The Balaban J connectivity index is 0.00000226. The van der Waals surface area contributed by atoms with Gasteiger partial charge in [0.1, 0.15) is 0 Å². The summed E-state index contributed by atoms with van der Waals surface area (Å²) in [5.74, 6) is 0.723. The molecule has 220 valence electrons. The summed E-state index contributed by atoms with van der Waals surface area (Å²) in [6, 6.07) is 15.9. The second-order valence-electron chi connectivity index (χ2n) is 11.6. The van der Waals surface area contributed by atoms with Crippen molar-refractivity contribution in [3.05, 3.63) is 111 Å². The maximum Gasteiger partial charge on any atom is 0.160 e. The zero-order valence-electron chi connectivity index (χ0n) is 26.8. The summed E-state index contributed by atoms with van der Waals surface area (Å²) in [5, 5.41) is 1.22. The second kappa shape index (κ2) is 16.2. The van der Waals surface area contributed by atoms with Gasteiger partial charge in [-0.05, 0) is 103 Å². The molecule has 3 atom stereocenters. The van der Waals surface area contributed by atoms with Crippen LogP contribution in [0, 0.1) is 6.92 Å². The van der Waals surface area contributed by atoms with Gasteiger partial charge in [-0.2, -0.15) is 0 Å². The topological polar surface area (TPSA) is 17.1 Å². The molecule has 0 amide bonds. The van der Waals surface area contributed by atoms with E-state index in [-0.39, 0.29) is 11.8 Å². The first-order chi connectivity index (χ1) is 19.9. The van der Waals surface area contributed by atoms with E-state index in [1.54, 1.807) is 0 Å². The smallest absolute Gasteiger partial charge is 0.160 e. The summed E-state index contributed by atoms with van der Waals surface area (Å²) in [6.07, 6.45) is 16.1. The number of unbranched alkanes of at least 4 members (excludes halogenated alkanes) is 2. The number of Topliss-reactive ketones (excluding diaryl/α,β-unsaturated/α-hetero) is 1. The SMILES string of the molecule is C/C=C\C=C(/CCC)C1=C(C)CC(c2ccc(C)c(P)c2)C2=C1CC(c1ccc(CCCCC)cc1)CC2=O.CC. The van der Waals surface area contributed by atoms with Crippen LogP contribution >= 0.6 is 9.24 Å². The molecule has 2 aliphatic rings. The van der Waals surface area contributed by atoms with Crippen molar-refractivity contribution in [3.63, 3.8) is 0 Å². The van der Waals surface area contributed by atoms with Crippen molar-refractivity contribution in [1.29, 1.82) is 0 Å². The van der Waals surface area contributed by atoms with E-state index in [0.717, 1.165) is 37.7 Å². The van der Waals surface area contributed by atoms with Gasteiger partial charge in [-0.1, -0.05) is 113 Å². The van der Waals surface area contributed by atoms with Gasteiger partial charge in [-0.25, -0.2) is 0 Å². The Labute approximate surface area is 253 Å². The lowest BCUT2D eigenvalue weighted by Crippen LogP contribution is -2.27. The number of rotatable bonds is 10. The molecule has 0 heterocycles.